The van der Waals surface area contributed by atoms with Crippen LogP contribution in [0.2, 0.25) is 0 Å². The molecule has 38 valence electrons. The van der Waals surface area contributed by atoms with Gasteiger partial charge in [0.25, 0.3) is 0 Å². The summed E-state index contributed by atoms with van der Waals surface area (Å²) < 4.78 is 1.89. The van der Waals surface area contributed by atoms with Crippen LogP contribution in [0, 0.1) is 0 Å². The molecule has 0 bridgehead atoms. The van der Waals surface area contributed by atoms with Crippen LogP contribution in [0.4, 0.5) is 0 Å². The summed E-state index contributed by atoms with van der Waals surface area (Å²) in [6, 6.07) is 0. The second-order valence-corrected chi connectivity index (χ2v) is 1.48. The molecule has 0 N–H and O–H groups in total. The van der Waals surface area contributed by atoms with Crippen molar-refractivity contribution in [2.75, 3.05) is 0 Å². The van der Waals surface area contributed by atoms with E-state index in [9.17, 15) is 0 Å². The first-order valence-electron chi connectivity index (χ1n) is 2.14. The number of hydrogen-bond donors (Lipinski definition) is 0. The lowest BCUT2D eigenvalue weighted by atomic mass is 10.9. The largest absolute Gasteiger partial charge is 0.206 e. The van der Waals surface area contributed by atoms with Crippen LogP contribution in [0.15, 0.2) is 12.4 Å². The highest BCUT2D eigenvalue weighted by molar-refractivity contribution is 4.48. The molecule has 0 aliphatic carbocycles. The minimum Gasteiger partial charge on any atom is -0.164 e. The van der Waals surface area contributed by atoms with E-state index >= 15 is 0 Å². The Bertz CT molecular complexity index is 139. The summed E-state index contributed by atoms with van der Waals surface area (Å²) in [6.07, 6.45) is 3.64. The third-order valence-corrected chi connectivity index (χ3v) is 0.973. The molecule has 1 aromatic heterocycles. The molecule has 0 saturated heterocycles. The molecule has 0 aromatic carbocycles. The van der Waals surface area contributed by atoms with Gasteiger partial charge in [0.15, 0.2) is 6.20 Å². The average molecular weight is 98.1 g/mol. The van der Waals surface area contributed by atoms with Crippen molar-refractivity contribution in [2.24, 2.45) is 14.1 Å². The fourth-order valence-corrected chi connectivity index (χ4v) is 0.401. The van der Waals surface area contributed by atoms with E-state index in [1.807, 2.05) is 25.0 Å². The van der Waals surface area contributed by atoms with Gasteiger partial charge in [0.05, 0.1) is 7.05 Å². The summed E-state index contributed by atoms with van der Waals surface area (Å²) in [5, 5.41) is 3.90. The molecule has 0 saturated carbocycles. The molecule has 0 amide bonds. The zero-order valence-corrected chi connectivity index (χ0v) is 4.50. The van der Waals surface area contributed by atoms with Crippen molar-refractivity contribution < 1.29 is 4.68 Å². The highest BCUT2D eigenvalue weighted by Crippen LogP contribution is 1.61. The van der Waals surface area contributed by atoms with E-state index in [2.05, 4.69) is 5.10 Å². The van der Waals surface area contributed by atoms with Crippen LogP contribution in [0.3, 0.4) is 0 Å². The number of aryl methyl sites for hydroxylation is 2. The maximum Gasteiger partial charge on any atom is 0.206 e. The third kappa shape index (κ3) is 0.607. The lowest BCUT2D eigenvalue weighted by Crippen LogP contribution is -2.36. The second-order valence-electron chi connectivity index (χ2n) is 1.48. The molecule has 1 aromatic rings. The van der Waals surface area contributed by atoms with Crippen LogP contribution < -0.4 is 4.68 Å². The highest BCUT2D eigenvalue weighted by atomic mass is 15.5. The summed E-state index contributed by atoms with van der Waals surface area (Å²) in [7, 11) is 3.83. The lowest BCUT2D eigenvalue weighted by molar-refractivity contribution is -0.755. The molecule has 0 aliphatic rings. The van der Waals surface area contributed by atoms with Crippen LogP contribution in [-0.2, 0) is 14.1 Å². The Labute approximate surface area is 42.2 Å². The zero-order valence-electron chi connectivity index (χ0n) is 4.50. The Kier molecular flexibility index (Phi) is 0.817. The van der Waals surface area contributed by atoms with Crippen molar-refractivity contribution in [3.8, 4) is 0 Å². The van der Waals surface area contributed by atoms with Gasteiger partial charge in [-0.25, -0.2) is 0 Å². The predicted molar refractivity (Wildman–Crippen MR) is 24.4 cm³/mol. The molecule has 7 heavy (non-hydrogen) atoms. The molecule has 1 rings (SSSR count). The van der Waals surface area contributed by atoms with Gasteiger partial charge in [-0.3, -0.25) is 0 Å². The summed E-state index contributed by atoms with van der Waals surface area (Å²) in [5.74, 6) is 0. The van der Waals surface area contributed by atoms with Gasteiger partial charge in [0.1, 0.15) is 7.05 Å². The zero-order chi connectivity index (χ0) is 5.28. The molecule has 0 aliphatic heterocycles. The molecule has 0 unspecified atom stereocenters. The van der Waals surface area contributed by atoms with Crippen molar-refractivity contribution in [1.29, 1.82) is 0 Å². The first kappa shape index (κ1) is 4.30. The van der Waals surface area contributed by atoms with Gasteiger partial charge in [-0.2, -0.15) is 4.68 Å². The first-order valence-corrected chi connectivity index (χ1v) is 2.14. The molecule has 3 heteroatoms. The Morgan fingerprint density at radius 1 is 1.71 bits per heavy atom. The lowest BCUT2D eigenvalue weighted by Gasteiger charge is -1.80. The standard InChI is InChI=1S/C4H8N3/c1-6-4-3-5-7(6)2/h3-4H,1-2H3/q+1. The Balaban J connectivity index is 3.12. The van der Waals surface area contributed by atoms with Crippen LogP contribution in [0.1, 0.15) is 0 Å². The van der Waals surface area contributed by atoms with Crippen LogP contribution in [-0.4, -0.2) is 9.90 Å². The van der Waals surface area contributed by atoms with Gasteiger partial charge in [0, 0.05) is 5.10 Å². The fourth-order valence-electron chi connectivity index (χ4n) is 0.401. The van der Waals surface area contributed by atoms with E-state index in [0.717, 1.165) is 0 Å². The van der Waals surface area contributed by atoms with Gasteiger partial charge < -0.3 is 0 Å². The summed E-state index contributed by atoms with van der Waals surface area (Å²) in [4.78, 5) is 1.75. The minimum atomic E-state index is 1.75. The van der Waals surface area contributed by atoms with Crippen molar-refractivity contribution in [1.82, 2.24) is 9.90 Å². The van der Waals surface area contributed by atoms with Crippen molar-refractivity contribution in [3.05, 3.63) is 12.4 Å². The van der Waals surface area contributed by atoms with E-state index < -0.39 is 0 Å². The molecule has 0 radical (unpaired) electrons. The van der Waals surface area contributed by atoms with Crippen LogP contribution >= 0.6 is 0 Å². The van der Waals surface area contributed by atoms with E-state index in [1.54, 1.807) is 11.0 Å². The van der Waals surface area contributed by atoms with Gasteiger partial charge in [-0.05, 0) is 4.80 Å². The van der Waals surface area contributed by atoms with Gasteiger partial charge in [-0.15, -0.1) is 0 Å². The number of rotatable bonds is 0. The number of aromatic nitrogens is 3. The molecular weight excluding hydrogens is 90.1 g/mol. The monoisotopic (exact) mass is 98.1 g/mol. The highest BCUT2D eigenvalue weighted by Gasteiger charge is 1.91. The van der Waals surface area contributed by atoms with E-state index in [1.165, 1.54) is 0 Å². The molecule has 0 atom stereocenters. The average Bonchev–Trinajstić information content (AvgIpc) is 1.91. The Morgan fingerprint density at radius 2 is 2.43 bits per heavy atom. The molecular formula is C4H8N3+. The van der Waals surface area contributed by atoms with Crippen LogP contribution in [0.25, 0.3) is 0 Å². The third-order valence-electron chi connectivity index (χ3n) is 0.973. The van der Waals surface area contributed by atoms with Crippen molar-refractivity contribution in [3.63, 3.8) is 0 Å². The SMILES string of the molecule is Cn1ncc[n+]1C. The van der Waals surface area contributed by atoms with E-state index in [-0.39, 0.29) is 0 Å². The Morgan fingerprint density at radius 3 is 2.57 bits per heavy atom. The number of nitrogens with zero attached hydrogens (tertiary/aromatic N) is 3. The Hall–Kier alpha value is -0.860. The maximum atomic E-state index is 3.90. The molecule has 0 fully saturated rings. The topological polar surface area (TPSA) is 21.7 Å². The summed E-state index contributed by atoms with van der Waals surface area (Å²) >= 11 is 0. The molecule has 1 heterocycles. The number of hydrogen-bond acceptors (Lipinski definition) is 1. The quantitative estimate of drug-likeness (QED) is 0.391. The summed E-state index contributed by atoms with van der Waals surface area (Å²) in [6.45, 7) is 0. The van der Waals surface area contributed by atoms with E-state index in [4.69, 9.17) is 0 Å². The normalized spacial score (nSPS) is 9.43. The van der Waals surface area contributed by atoms with Gasteiger partial charge in [0.2, 0.25) is 6.20 Å². The van der Waals surface area contributed by atoms with Crippen molar-refractivity contribution >= 4 is 0 Å². The molecule has 0 spiro atoms. The summed E-state index contributed by atoms with van der Waals surface area (Å²) in [5.41, 5.74) is 0. The minimum absolute atomic E-state index is 1.75. The van der Waals surface area contributed by atoms with Crippen LogP contribution in [0.5, 0.6) is 0 Å². The van der Waals surface area contributed by atoms with Gasteiger partial charge in [-0.1, -0.05) is 0 Å². The van der Waals surface area contributed by atoms with Crippen molar-refractivity contribution in [2.45, 2.75) is 0 Å². The first-order chi connectivity index (χ1) is 3.30. The second kappa shape index (κ2) is 1.33. The maximum absolute atomic E-state index is 3.90. The molecule has 3 nitrogen and oxygen atoms in total. The van der Waals surface area contributed by atoms with E-state index in [0.29, 0.717) is 0 Å². The predicted octanol–water partition coefficient (Wildman–Crippen LogP) is -0.755. The van der Waals surface area contributed by atoms with Gasteiger partial charge >= 0.3 is 0 Å². The fraction of sp³-hybridized carbons (Fsp3) is 0.500. The smallest absolute Gasteiger partial charge is 0.164 e.